The summed E-state index contributed by atoms with van der Waals surface area (Å²) in [6.45, 7) is 2.86. The lowest BCUT2D eigenvalue weighted by Gasteiger charge is -2.23. The van der Waals surface area contributed by atoms with Gasteiger partial charge in [0.25, 0.3) is 0 Å². The van der Waals surface area contributed by atoms with Gasteiger partial charge in [0, 0.05) is 19.0 Å². The van der Waals surface area contributed by atoms with E-state index in [9.17, 15) is 4.79 Å². The number of rotatable bonds is 8. The Bertz CT molecular complexity index is 392. The molecule has 0 heterocycles. The fourth-order valence-corrected chi connectivity index (χ4v) is 2.25. The third-order valence-corrected chi connectivity index (χ3v) is 3.19. The van der Waals surface area contributed by atoms with E-state index in [1.807, 2.05) is 44.4 Å². The van der Waals surface area contributed by atoms with Crippen molar-refractivity contribution in [2.75, 3.05) is 20.6 Å². The van der Waals surface area contributed by atoms with E-state index in [4.69, 9.17) is 5.73 Å². The van der Waals surface area contributed by atoms with E-state index in [0.717, 1.165) is 24.9 Å². The predicted octanol–water partition coefficient (Wildman–Crippen LogP) is 1.92. The maximum absolute atomic E-state index is 12.1. The molecule has 2 unspecified atom stereocenters. The molecule has 1 aromatic rings. The molecule has 2 atom stereocenters. The minimum absolute atomic E-state index is 0.00697. The van der Waals surface area contributed by atoms with Gasteiger partial charge >= 0.3 is 0 Å². The third-order valence-electron chi connectivity index (χ3n) is 3.19. The molecule has 20 heavy (non-hydrogen) atoms. The average Bonchev–Trinajstić information content (AvgIpc) is 2.38. The van der Waals surface area contributed by atoms with Crippen LogP contribution >= 0.6 is 0 Å². The highest BCUT2D eigenvalue weighted by Crippen LogP contribution is 2.13. The minimum atomic E-state index is -0.0456. The summed E-state index contributed by atoms with van der Waals surface area (Å²) < 4.78 is 0. The first-order valence-electron chi connectivity index (χ1n) is 7.27. The summed E-state index contributed by atoms with van der Waals surface area (Å²) in [5.74, 6) is 0.0293. The molecular weight excluding hydrogens is 250 g/mol. The Hall–Kier alpha value is -1.39. The summed E-state index contributed by atoms with van der Waals surface area (Å²) in [4.78, 5) is 14.2. The molecule has 3 N–H and O–H groups in total. The topological polar surface area (TPSA) is 58.4 Å². The number of hydrogen-bond donors (Lipinski definition) is 2. The fraction of sp³-hybridized carbons (Fsp3) is 0.562. The molecular formula is C16H27N3O. The van der Waals surface area contributed by atoms with Gasteiger partial charge in [-0.05, 0) is 26.1 Å². The van der Waals surface area contributed by atoms with Crippen LogP contribution in [-0.4, -0.2) is 37.5 Å². The van der Waals surface area contributed by atoms with E-state index in [1.165, 1.54) is 0 Å². The number of carbonyl (C=O) groups excluding carboxylic acids is 1. The van der Waals surface area contributed by atoms with Crippen molar-refractivity contribution in [3.63, 3.8) is 0 Å². The molecule has 0 aromatic heterocycles. The van der Waals surface area contributed by atoms with Crippen molar-refractivity contribution in [3.8, 4) is 0 Å². The molecule has 0 fully saturated rings. The highest BCUT2D eigenvalue weighted by atomic mass is 16.1. The van der Waals surface area contributed by atoms with Crippen LogP contribution in [0.25, 0.3) is 0 Å². The average molecular weight is 277 g/mol. The second-order valence-corrected chi connectivity index (χ2v) is 5.55. The smallest absolute Gasteiger partial charge is 0.222 e. The highest BCUT2D eigenvalue weighted by Gasteiger charge is 2.16. The summed E-state index contributed by atoms with van der Waals surface area (Å²) in [5, 5.41) is 3.09. The van der Waals surface area contributed by atoms with E-state index in [0.29, 0.717) is 6.42 Å². The Kier molecular flexibility index (Phi) is 7.26. The van der Waals surface area contributed by atoms with E-state index in [2.05, 4.69) is 17.1 Å². The van der Waals surface area contributed by atoms with Crippen LogP contribution < -0.4 is 11.1 Å². The summed E-state index contributed by atoms with van der Waals surface area (Å²) in [6, 6.07) is 10.0. The molecule has 0 saturated carbocycles. The van der Waals surface area contributed by atoms with Gasteiger partial charge in [-0.25, -0.2) is 0 Å². The molecule has 4 heteroatoms. The Morgan fingerprint density at radius 2 is 1.95 bits per heavy atom. The van der Waals surface area contributed by atoms with Crippen molar-refractivity contribution >= 4 is 5.91 Å². The number of benzene rings is 1. The maximum atomic E-state index is 12.1. The number of likely N-dealkylation sites (N-methyl/N-ethyl adjacent to an activating group) is 1. The van der Waals surface area contributed by atoms with Crippen molar-refractivity contribution < 1.29 is 4.79 Å². The summed E-state index contributed by atoms with van der Waals surface area (Å²) in [5.41, 5.74) is 7.05. The second-order valence-electron chi connectivity index (χ2n) is 5.55. The van der Waals surface area contributed by atoms with Gasteiger partial charge < -0.3 is 16.0 Å². The first-order chi connectivity index (χ1) is 9.52. The monoisotopic (exact) mass is 277 g/mol. The summed E-state index contributed by atoms with van der Waals surface area (Å²) in [6.07, 6.45) is 2.29. The van der Waals surface area contributed by atoms with Crippen LogP contribution in [0.15, 0.2) is 30.3 Å². The number of nitrogens with one attached hydrogen (secondary N) is 1. The molecule has 1 amide bonds. The van der Waals surface area contributed by atoms with Crippen molar-refractivity contribution in [3.05, 3.63) is 35.9 Å². The molecule has 0 aliphatic rings. The molecule has 0 spiro atoms. The van der Waals surface area contributed by atoms with Crippen LogP contribution in [0.3, 0.4) is 0 Å². The molecule has 0 saturated heterocycles. The number of carbonyl (C=O) groups is 1. The maximum Gasteiger partial charge on any atom is 0.222 e. The molecule has 1 aromatic carbocycles. The number of amides is 1. The lowest BCUT2D eigenvalue weighted by atomic mass is 10.0. The van der Waals surface area contributed by atoms with Crippen LogP contribution in [0.5, 0.6) is 0 Å². The molecule has 0 aliphatic heterocycles. The Morgan fingerprint density at radius 3 is 2.50 bits per heavy atom. The van der Waals surface area contributed by atoms with Crippen LogP contribution in [0.4, 0.5) is 0 Å². The van der Waals surface area contributed by atoms with Crippen LogP contribution in [0.1, 0.15) is 37.8 Å². The van der Waals surface area contributed by atoms with E-state index in [-0.39, 0.29) is 18.0 Å². The van der Waals surface area contributed by atoms with Crippen molar-refractivity contribution in [1.82, 2.24) is 10.2 Å². The van der Waals surface area contributed by atoms with Gasteiger partial charge in [0.05, 0.1) is 6.04 Å². The zero-order chi connectivity index (χ0) is 15.0. The van der Waals surface area contributed by atoms with Crippen LogP contribution in [0.2, 0.25) is 0 Å². The van der Waals surface area contributed by atoms with Gasteiger partial charge in [-0.2, -0.15) is 0 Å². The third kappa shape index (κ3) is 6.17. The first-order valence-corrected chi connectivity index (χ1v) is 7.27. The van der Waals surface area contributed by atoms with Gasteiger partial charge in [0.15, 0.2) is 0 Å². The van der Waals surface area contributed by atoms with Gasteiger partial charge in [-0.15, -0.1) is 0 Å². The van der Waals surface area contributed by atoms with Gasteiger partial charge in [0.1, 0.15) is 0 Å². The summed E-state index contributed by atoms with van der Waals surface area (Å²) in [7, 11) is 4.01. The number of nitrogens with zero attached hydrogens (tertiary/aromatic N) is 1. The lowest BCUT2D eigenvalue weighted by Crippen LogP contribution is -2.38. The first kappa shape index (κ1) is 16.7. The minimum Gasteiger partial charge on any atom is -0.348 e. The fourth-order valence-electron chi connectivity index (χ4n) is 2.25. The molecule has 0 radical (unpaired) electrons. The van der Waals surface area contributed by atoms with E-state index in [1.54, 1.807) is 0 Å². The van der Waals surface area contributed by atoms with Gasteiger partial charge in [-0.3, -0.25) is 4.79 Å². The molecule has 4 nitrogen and oxygen atoms in total. The Balaban J connectivity index is 2.63. The van der Waals surface area contributed by atoms with E-state index < -0.39 is 0 Å². The predicted molar refractivity (Wildman–Crippen MR) is 83.4 cm³/mol. The molecule has 112 valence electrons. The lowest BCUT2D eigenvalue weighted by molar-refractivity contribution is -0.122. The number of hydrogen-bond acceptors (Lipinski definition) is 3. The Labute approximate surface area is 122 Å². The standard InChI is InChI=1S/C16H27N3O/c1-4-8-14(17)11-16(20)18-15(12-19(2)3)13-9-6-5-7-10-13/h5-7,9-10,14-15H,4,8,11-12,17H2,1-3H3,(H,18,20). The Morgan fingerprint density at radius 1 is 1.30 bits per heavy atom. The van der Waals surface area contributed by atoms with Crippen molar-refractivity contribution in [2.24, 2.45) is 5.73 Å². The second kappa shape index (κ2) is 8.72. The zero-order valence-corrected chi connectivity index (χ0v) is 12.8. The van der Waals surface area contributed by atoms with Gasteiger partial charge in [-0.1, -0.05) is 43.7 Å². The number of nitrogens with two attached hydrogens (primary N) is 1. The van der Waals surface area contributed by atoms with E-state index >= 15 is 0 Å². The summed E-state index contributed by atoms with van der Waals surface area (Å²) >= 11 is 0. The SMILES string of the molecule is CCCC(N)CC(=O)NC(CN(C)C)c1ccccc1. The van der Waals surface area contributed by atoms with Crippen LogP contribution in [0, 0.1) is 0 Å². The molecule has 0 aliphatic carbocycles. The highest BCUT2D eigenvalue weighted by molar-refractivity contribution is 5.77. The normalized spacial score (nSPS) is 14.1. The largest absolute Gasteiger partial charge is 0.348 e. The van der Waals surface area contributed by atoms with Crippen LogP contribution in [-0.2, 0) is 4.79 Å². The molecule has 1 rings (SSSR count). The zero-order valence-electron chi connectivity index (χ0n) is 12.8. The van der Waals surface area contributed by atoms with Crippen molar-refractivity contribution in [1.29, 1.82) is 0 Å². The molecule has 0 bridgehead atoms. The van der Waals surface area contributed by atoms with Crippen molar-refractivity contribution in [2.45, 2.75) is 38.3 Å². The quantitative estimate of drug-likeness (QED) is 0.763. The van der Waals surface area contributed by atoms with Gasteiger partial charge in [0.2, 0.25) is 5.91 Å².